The van der Waals surface area contributed by atoms with Crippen LogP contribution in [0.4, 0.5) is 0 Å². The molecule has 0 radical (unpaired) electrons. The highest BCUT2D eigenvalue weighted by Crippen LogP contribution is 2.41. The van der Waals surface area contributed by atoms with E-state index >= 15 is 0 Å². The predicted molar refractivity (Wildman–Crippen MR) is 224 cm³/mol. The summed E-state index contributed by atoms with van der Waals surface area (Å²) >= 11 is 0. The number of rotatable bonds is 4. The Labute approximate surface area is 316 Å². The first kappa shape index (κ1) is 30.7. The van der Waals surface area contributed by atoms with Crippen LogP contribution in [0.2, 0.25) is 0 Å². The van der Waals surface area contributed by atoms with Crippen molar-refractivity contribution < 1.29 is 0 Å². The van der Waals surface area contributed by atoms with Crippen molar-refractivity contribution >= 4 is 65.4 Å². The second-order valence-electron chi connectivity index (χ2n) is 14.0. The van der Waals surface area contributed by atoms with Crippen LogP contribution in [0.3, 0.4) is 0 Å². The van der Waals surface area contributed by atoms with E-state index in [2.05, 4.69) is 184 Å². The van der Waals surface area contributed by atoms with Crippen LogP contribution in [0.25, 0.3) is 93.6 Å². The van der Waals surface area contributed by atoms with Gasteiger partial charge in [0.2, 0.25) is 0 Å². The summed E-state index contributed by atoms with van der Waals surface area (Å²) in [6.07, 6.45) is 0. The van der Waals surface area contributed by atoms with Crippen molar-refractivity contribution in [2.45, 2.75) is 0 Å². The fourth-order valence-corrected chi connectivity index (χ4v) is 8.78. The minimum atomic E-state index is 0.612. The first-order chi connectivity index (χ1) is 27.2. The zero-order valence-corrected chi connectivity index (χ0v) is 29.5. The van der Waals surface area contributed by atoms with Gasteiger partial charge in [-0.15, -0.1) is 0 Å². The van der Waals surface area contributed by atoms with Crippen molar-refractivity contribution in [2.75, 3.05) is 0 Å². The summed E-state index contributed by atoms with van der Waals surface area (Å²) in [5, 5.41) is 27.2. The molecule has 0 amide bonds. The molecule has 0 unspecified atom stereocenters. The summed E-state index contributed by atoms with van der Waals surface area (Å²) in [5.74, 6) is 0. The van der Waals surface area contributed by atoms with Crippen molar-refractivity contribution in [3.05, 3.63) is 187 Å². The summed E-state index contributed by atoms with van der Waals surface area (Å²) in [6, 6.07) is 65.9. The summed E-state index contributed by atoms with van der Waals surface area (Å²) < 4.78 is 6.93. The van der Waals surface area contributed by atoms with E-state index in [4.69, 9.17) is 0 Å². The van der Waals surface area contributed by atoms with Crippen molar-refractivity contribution in [2.24, 2.45) is 0 Å². The van der Waals surface area contributed by atoms with Crippen molar-refractivity contribution in [3.63, 3.8) is 0 Å². The molecule has 0 saturated carbocycles. The van der Waals surface area contributed by atoms with Gasteiger partial charge in [-0.1, -0.05) is 103 Å². The maximum Gasteiger partial charge on any atom is 0.0998 e. The van der Waals surface area contributed by atoms with Gasteiger partial charge in [0.25, 0.3) is 0 Å². The standard InChI is InChI=1S/C50H29N5/c51-30-32-23-26-48-43(27-32)41-16-4-8-21-47(41)55(48)49-22-10-17-42-40-15-3-7-20-46(40)54(50(42)49)35-12-9-11-33(28-35)37-25-24-36(29-34(37)31-52)53-44-18-5-1-13-38(44)39-14-2-6-19-45(39)53/h1-29H. The zero-order valence-electron chi connectivity index (χ0n) is 29.5. The molecule has 254 valence electrons. The number of hydrogen-bond donors (Lipinski definition) is 0. The molecule has 0 saturated heterocycles. The number of hydrogen-bond acceptors (Lipinski definition) is 2. The normalized spacial score (nSPS) is 11.6. The van der Waals surface area contributed by atoms with Crippen molar-refractivity contribution in [1.29, 1.82) is 10.5 Å². The summed E-state index contributed by atoms with van der Waals surface area (Å²) in [6.45, 7) is 0. The molecule has 0 aliphatic rings. The average molecular weight is 700 g/mol. The van der Waals surface area contributed by atoms with Crippen LogP contribution in [0.1, 0.15) is 11.1 Å². The Morgan fingerprint density at radius 1 is 0.364 bits per heavy atom. The van der Waals surface area contributed by atoms with E-state index in [0.717, 1.165) is 82.8 Å². The SMILES string of the molecule is N#Cc1ccc2c(c1)c1ccccc1n2-c1cccc2c3ccccc3n(-c3cccc(-c4ccc(-n5c6ccccc6c6ccccc65)cc4C#N)c3)c12. The Morgan fingerprint density at radius 3 is 1.58 bits per heavy atom. The number of nitrogens with zero attached hydrogens (tertiary/aromatic N) is 5. The van der Waals surface area contributed by atoms with Crippen LogP contribution < -0.4 is 0 Å². The maximum absolute atomic E-state index is 10.6. The Balaban J connectivity index is 1.13. The Kier molecular flexibility index (Phi) is 6.61. The fourth-order valence-electron chi connectivity index (χ4n) is 8.78. The van der Waals surface area contributed by atoms with Gasteiger partial charge in [0.05, 0.1) is 62.1 Å². The first-order valence-corrected chi connectivity index (χ1v) is 18.3. The molecule has 0 aliphatic heterocycles. The fraction of sp³-hybridized carbons (Fsp3) is 0. The van der Waals surface area contributed by atoms with E-state index < -0.39 is 0 Å². The highest BCUT2D eigenvalue weighted by Gasteiger charge is 2.21. The third-order valence-corrected chi connectivity index (χ3v) is 11.1. The smallest absolute Gasteiger partial charge is 0.0998 e. The molecule has 11 rings (SSSR count). The lowest BCUT2D eigenvalue weighted by molar-refractivity contribution is 1.13. The minimum absolute atomic E-state index is 0.612. The van der Waals surface area contributed by atoms with Gasteiger partial charge < -0.3 is 13.7 Å². The molecule has 0 fully saturated rings. The molecule has 55 heavy (non-hydrogen) atoms. The molecule has 0 aliphatic carbocycles. The third-order valence-electron chi connectivity index (χ3n) is 11.1. The lowest BCUT2D eigenvalue weighted by atomic mass is 9.99. The number of nitriles is 2. The van der Waals surface area contributed by atoms with E-state index in [1.165, 1.54) is 10.8 Å². The largest absolute Gasteiger partial charge is 0.309 e. The number of aromatic nitrogens is 3. The van der Waals surface area contributed by atoms with Crippen molar-refractivity contribution in [1.82, 2.24) is 13.7 Å². The van der Waals surface area contributed by atoms with E-state index in [-0.39, 0.29) is 0 Å². The van der Waals surface area contributed by atoms with Crippen LogP contribution in [0, 0.1) is 22.7 Å². The summed E-state index contributed by atoms with van der Waals surface area (Å²) in [5.41, 5.74) is 12.6. The number of fused-ring (bicyclic) bond motifs is 9. The highest BCUT2D eigenvalue weighted by molar-refractivity contribution is 6.15. The molecular formula is C50H29N5. The van der Waals surface area contributed by atoms with Crippen LogP contribution in [-0.2, 0) is 0 Å². The predicted octanol–water partition coefficient (Wildman–Crippen LogP) is 12.4. The molecule has 5 heteroatoms. The second kappa shape index (κ2) is 11.8. The second-order valence-corrected chi connectivity index (χ2v) is 14.0. The monoisotopic (exact) mass is 699 g/mol. The quantitative estimate of drug-likeness (QED) is 0.184. The Hall–Kier alpha value is -7.86. The molecule has 0 spiro atoms. The molecule has 0 N–H and O–H groups in total. The van der Waals surface area contributed by atoms with Gasteiger partial charge in [-0.3, -0.25) is 0 Å². The molecule has 5 nitrogen and oxygen atoms in total. The highest BCUT2D eigenvalue weighted by atomic mass is 15.1. The van der Waals surface area contributed by atoms with Crippen LogP contribution in [0.15, 0.2) is 176 Å². The van der Waals surface area contributed by atoms with Gasteiger partial charge in [-0.05, 0) is 83.9 Å². The maximum atomic E-state index is 10.6. The lowest BCUT2D eigenvalue weighted by Gasteiger charge is -2.16. The van der Waals surface area contributed by atoms with Gasteiger partial charge in [0.1, 0.15) is 0 Å². The molecule has 0 bridgehead atoms. The minimum Gasteiger partial charge on any atom is -0.309 e. The molecule has 0 atom stereocenters. The Bertz CT molecular complexity index is 3420. The zero-order chi connectivity index (χ0) is 36.6. The number of benzene rings is 8. The van der Waals surface area contributed by atoms with Crippen molar-refractivity contribution in [3.8, 4) is 40.3 Å². The number of para-hydroxylation sites is 5. The van der Waals surface area contributed by atoms with Gasteiger partial charge in [-0.25, -0.2) is 0 Å². The summed E-state index contributed by atoms with van der Waals surface area (Å²) in [4.78, 5) is 0. The van der Waals surface area contributed by atoms with E-state index in [0.29, 0.717) is 11.1 Å². The van der Waals surface area contributed by atoms with Gasteiger partial charge in [0, 0.05) is 43.7 Å². The van der Waals surface area contributed by atoms with Crippen LogP contribution >= 0.6 is 0 Å². The van der Waals surface area contributed by atoms with Gasteiger partial charge in [0.15, 0.2) is 0 Å². The van der Waals surface area contributed by atoms with Crippen LogP contribution in [0.5, 0.6) is 0 Å². The van der Waals surface area contributed by atoms with Crippen LogP contribution in [-0.4, -0.2) is 13.7 Å². The van der Waals surface area contributed by atoms with Gasteiger partial charge in [-0.2, -0.15) is 10.5 Å². The van der Waals surface area contributed by atoms with E-state index in [1.54, 1.807) is 0 Å². The molecular weight excluding hydrogens is 671 g/mol. The van der Waals surface area contributed by atoms with E-state index in [9.17, 15) is 10.5 Å². The topological polar surface area (TPSA) is 62.4 Å². The molecule has 8 aromatic carbocycles. The van der Waals surface area contributed by atoms with Gasteiger partial charge >= 0.3 is 0 Å². The molecule has 3 aromatic heterocycles. The lowest BCUT2D eigenvalue weighted by Crippen LogP contribution is -2.01. The van der Waals surface area contributed by atoms with E-state index in [1.807, 2.05) is 18.2 Å². The Morgan fingerprint density at radius 2 is 0.909 bits per heavy atom. The summed E-state index contributed by atoms with van der Waals surface area (Å²) in [7, 11) is 0. The molecule has 11 aromatic rings. The average Bonchev–Trinajstić information content (AvgIpc) is 3.89. The molecule has 3 heterocycles. The first-order valence-electron chi connectivity index (χ1n) is 18.3. The third kappa shape index (κ3) is 4.45.